The zero-order chi connectivity index (χ0) is 22.4. The number of hydrogen-bond donors (Lipinski definition) is 1. The zero-order valence-electron chi connectivity index (χ0n) is 19.3. The van der Waals surface area contributed by atoms with E-state index >= 15 is 0 Å². The minimum atomic E-state index is -0.501. The van der Waals surface area contributed by atoms with E-state index in [4.69, 9.17) is 10.7 Å². The molecule has 176 valence electrons. The van der Waals surface area contributed by atoms with Crippen LogP contribution >= 0.6 is 12.4 Å². The fraction of sp³-hybridized carbons (Fsp3) is 0.357. The number of hydrogen-bond acceptors (Lipinski definition) is 3. The van der Waals surface area contributed by atoms with Crippen LogP contribution in [0.1, 0.15) is 49.0 Å². The molecule has 1 aromatic heterocycles. The van der Waals surface area contributed by atoms with Gasteiger partial charge in [0.25, 0.3) is 0 Å². The molecule has 1 unspecified atom stereocenters. The number of rotatable bonds is 5. The van der Waals surface area contributed by atoms with Gasteiger partial charge in [-0.15, -0.1) is 12.4 Å². The van der Waals surface area contributed by atoms with Gasteiger partial charge in [0.2, 0.25) is 5.91 Å². The lowest BCUT2D eigenvalue weighted by molar-refractivity contribution is -0.133. The Morgan fingerprint density at radius 1 is 0.941 bits per heavy atom. The van der Waals surface area contributed by atoms with E-state index in [9.17, 15) is 4.79 Å². The van der Waals surface area contributed by atoms with E-state index in [1.807, 2.05) is 17.0 Å². The lowest BCUT2D eigenvalue weighted by atomic mass is 9.99. The first-order chi connectivity index (χ1) is 16.2. The van der Waals surface area contributed by atoms with Crippen LogP contribution in [-0.4, -0.2) is 39.5 Å². The summed E-state index contributed by atoms with van der Waals surface area (Å²) in [5.74, 6) is 1.92. The summed E-state index contributed by atoms with van der Waals surface area (Å²) in [5, 5.41) is 2.40. The monoisotopic (exact) mass is 474 g/mol. The Morgan fingerprint density at radius 3 is 2.41 bits per heavy atom. The van der Waals surface area contributed by atoms with Crippen molar-refractivity contribution >= 4 is 40.1 Å². The number of likely N-dealkylation sites (tertiary alicyclic amines) is 1. The van der Waals surface area contributed by atoms with Crippen molar-refractivity contribution in [2.45, 2.75) is 50.1 Å². The maximum absolute atomic E-state index is 13.1. The van der Waals surface area contributed by atoms with Gasteiger partial charge in [-0.3, -0.25) is 4.79 Å². The van der Waals surface area contributed by atoms with E-state index in [1.165, 1.54) is 35.0 Å². The molecule has 2 aliphatic rings. The number of carbonyl (C=O) groups is 1. The molecule has 6 heteroatoms. The number of nitrogens with two attached hydrogens (primary N) is 1. The lowest BCUT2D eigenvalue weighted by Crippen LogP contribution is -2.48. The summed E-state index contributed by atoms with van der Waals surface area (Å²) in [4.78, 5) is 20.1. The van der Waals surface area contributed by atoms with Gasteiger partial charge in [0.05, 0.1) is 17.1 Å². The number of fused-ring (bicyclic) bond motifs is 2. The molecule has 2 N–H and O–H groups in total. The van der Waals surface area contributed by atoms with Crippen LogP contribution in [0.15, 0.2) is 66.7 Å². The molecular formula is C28H31ClN4O. The number of benzene rings is 3. The number of imidazole rings is 1. The first-order valence-corrected chi connectivity index (χ1v) is 12.2. The molecule has 4 aromatic rings. The number of aromatic nitrogens is 2. The number of piperidine rings is 1. The quantitative estimate of drug-likeness (QED) is 0.431. The van der Waals surface area contributed by atoms with Crippen LogP contribution in [-0.2, 0) is 11.2 Å². The van der Waals surface area contributed by atoms with Crippen molar-refractivity contribution in [3.63, 3.8) is 0 Å². The molecule has 0 bridgehead atoms. The normalized spacial score (nSPS) is 17.6. The molecule has 1 saturated heterocycles. The Hall–Kier alpha value is -2.89. The van der Waals surface area contributed by atoms with Crippen molar-refractivity contribution in [3.8, 4) is 0 Å². The second-order valence-corrected chi connectivity index (χ2v) is 9.65. The van der Waals surface area contributed by atoms with Crippen molar-refractivity contribution in [2.24, 2.45) is 5.73 Å². The number of carbonyl (C=O) groups excluding carboxylic acids is 1. The SMILES string of the molecule is Cl.NC(Cc1ccc2ccccc2c1)C(=O)N1CCC(n2c(C3CC3)nc3ccccc32)CC1. The van der Waals surface area contributed by atoms with Crippen LogP contribution in [0.2, 0.25) is 0 Å². The second kappa shape index (κ2) is 9.40. The Bertz CT molecular complexity index is 1320. The van der Waals surface area contributed by atoms with Crippen LogP contribution in [0, 0.1) is 0 Å². The van der Waals surface area contributed by atoms with Gasteiger partial charge in [-0.2, -0.15) is 0 Å². The molecule has 0 radical (unpaired) electrons. The first kappa shape index (κ1) is 22.9. The van der Waals surface area contributed by atoms with Gasteiger partial charge < -0.3 is 15.2 Å². The van der Waals surface area contributed by atoms with Crippen molar-refractivity contribution < 1.29 is 4.79 Å². The summed E-state index contributed by atoms with van der Waals surface area (Å²) < 4.78 is 2.48. The molecule has 3 aromatic carbocycles. The number of halogens is 1. The van der Waals surface area contributed by atoms with E-state index in [1.54, 1.807) is 0 Å². The van der Waals surface area contributed by atoms with E-state index in [-0.39, 0.29) is 18.3 Å². The van der Waals surface area contributed by atoms with Gasteiger partial charge in [-0.25, -0.2) is 4.98 Å². The highest BCUT2D eigenvalue weighted by Crippen LogP contribution is 2.43. The number of amides is 1. The van der Waals surface area contributed by atoms with Crippen LogP contribution in [0.4, 0.5) is 0 Å². The molecule has 34 heavy (non-hydrogen) atoms. The fourth-order valence-electron chi connectivity index (χ4n) is 5.36. The lowest BCUT2D eigenvalue weighted by Gasteiger charge is -2.35. The summed E-state index contributed by atoms with van der Waals surface area (Å²) in [6.45, 7) is 1.51. The third-order valence-corrected chi connectivity index (χ3v) is 7.29. The van der Waals surface area contributed by atoms with Crippen molar-refractivity contribution in [1.82, 2.24) is 14.5 Å². The largest absolute Gasteiger partial charge is 0.341 e. The third-order valence-electron chi connectivity index (χ3n) is 7.29. The number of nitrogens with zero attached hydrogens (tertiary/aromatic N) is 3. The predicted octanol–water partition coefficient (Wildman–Crippen LogP) is 5.22. The molecule has 1 aliphatic carbocycles. The molecule has 0 spiro atoms. The molecule has 1 atom stereocenters. The maximum Gasteiger partial charge on any atom is 0.239 e. The smallest absolute Gasteiger partial charge is 0.239 e. The highest BCUT2D eigenvalue weighted by Gasteiger charge is 2.34. The number of para-hydroxylation sites is 2. The summed E-state index contributed by atoms with van der Waals surface area (Å²) in [7, 11) is 0. The summed E-state index contributed by atoms with van der Waals surface area (Å²) in [6.07, 6.45) is 4.96. The summed E-state index contributed by atoms with van der Waals surface area (Å²) >= 11 is 0. The van der Waals surface area contributed by atoms with Gasteiger partial charge in [0.15, 0.2) is 0 Å². The van der Waals surface area contributed by atoms with Crippen molar-refractivity contribution in [2.75, 3.05) is 13.1 Å². The van der Waals surface area contributed by atoms with Crippen molar-refractivity contribution in [1.29, 1.82) is 0 Å². The third kappa shape index (κ3) is 4.30. The molecule has 5 nitrogen and oxygen atoms in total. The van der Waals surface area contributed by atoms with E-state index < -0.39 is 6.04 Å². The average Bonchev–Trinajstić information content (AvgIpc) is 3.63. The van der Waals surface area contributed by atoms with E-state index in [0.717, 1.165) is 37.0 Å². The topological polar surface area (TPSA) is 64.2 Å². The maximum atomic E-state index is 13.1. The zero-order valence-corrected chi connectivity index (χ0v) is 20.1. The summed E-state index contributed by atoms with van der Waals surface area (Å²) in [6, 6.07) is 23.0. The van der Waals surface area contributed by atoms with Crippen LogP contribution in [0.3, 0.4) is 0 Å². The van der Waals surface area contributed by atoms with Gasteiger partial charge in [-0.1, -0.05) is 54.6 Å². The molecule has 6 rings (SSSR count). The average molecular weight is 475 g/mol. The fourth-order valence-corrected chi connectivity index (χ4v) is 5.36. The standard InChI is InChI=1S/C28H30N4O.ClH/c29-24(18-19-9-10-20-5-1-2-6-22(20)17-19)28(33)31-15-13-23(14-16-31)32-26-8-4-3-7-25(26)30-27(32)21-11-12-21;/h1-10,17,21,23-24H,11-16,18,29H2;1H. The molecule has 2 fully saturated rings. The first-order valence-electron chi connectivity index (χ1n) is 12.2. The Kier molecular flexibility index (Phi) is 6.32. The van der Waals surface area contributed by atoms with Crippen LogP contribution in [0.25, 0.3) is 21.8 Å². The van der Waals surface area contributed by atoms with Gasteiger partial charge in [0.1, 0.15) is 5.82 Å². The Balaban J connectivity index is 0.00000241. The minimum absolute atomic E-state index is 0. The van der Waals surface area contributed by atoms with E-state index in [0.29, 0.717) is 18.4 Å². The van der Waals surface area contributed by atoms with Gasteiger partial charge >= 0.3 is 0 Å². The Labute approximate surface area is 206 Å². The Morgan fingerprint density at radius 2 is 1.65 bits per heavy atom. The van der Waals surface area contributed by atoms with Crippen molar-refractivity contribution in [3.05, 3.63) is 78.1 Å². The van der Waals surface area contributed by atoms with E-state index in [2.05, 4.69) is 59.2 Å². The second-order valence-electron chi connectivity index (χ2n) is 9.65. The highest BCUT2D eigenvalue weighted by molar-refractivity contribution is 5.85. The molecule has 1 saturated carbocycles. The molecule has 2 heterocycles. The predicted molar refractivity (Wildman–Crippen MR) is 139 cm³/mol. The molecule has 1 aliphatic heterocycles. The highest BCUT2D eigenvalue weighted by atomic mass is 35.5. The molecular weight excluding hydrogens is 444 g/mol. The van der Waals surface area contributed by atoms with Gasteiger partial charge in [-0.05, 0) is 60.6 Å². The molecule has 1 amide bonds. The summed E-state index contributed by atoms with van der Waals surface area (Å²) in [5.41, 5.74) is 9.83. The van der Waals surface area contributed by atoms with Crippen LogP contribution < -0.4 is 5.73 Å². The van der Waals surface area contributed by atoms with Gasteiger partial charge in [0, 0.05) is 25.0 Å². The van der Waals surface area contributed by atoms with Crippen LogP contribution in [0.5, 0.6) is 0 Å². The minimum Gasteiger partial charge on any atom is -0.341 e.